The minimum atomic E-state index is -0.389. The molecular formula is C20H23FN6O2. The van der Waals surface area contributed by atoms with Crippen LogP contribution in [0.1, 0.15) is 13.8 Å². The first-order valence-electron chi connectivity index (χ1n) is 9.41. The number of aromatic amines is 1. The van der Waals surface area contributed by atoms with E-state index < -0.39 is 0 Å². The van der Waals surface area contributed by atoms with Crippen LogP contribution in [-0.2, 0) is 4.74 Å². The molecule has 3 aromatic rings. The lowest BCUT2D eigenvalue weighted by Crippen LogP contribution is -2.46. The summed E-state index contributed by atoms with van der Waals surface area (Å²) in [5.74, 6) is 1.84. The molecule has 0 aliphatic carbocycles. The van der Waals surface area contributed by atoms with Crippen molar-refractivity contribution in [2.24, 2.45) is 0 Å². The third-order valence-corrected chi connectivity index (χ3v) is 4.65. The number of hydrogen-bond donors (Lipinski definition) is 2. The second-order valence-corrected chi connectivity index (χ2v) is 7.04. The highest BCUT2D eigenvalue weighted by Gasteiger charge is 2.24. The fraction of sp³-hybridized carbons (Fsp3) is 0.350. The molecule has 0 saturated carbocycles. The number of aromatic nitrogens is 4. The predicted molar refractivity (Wildman–Crippen MR) is 108 cm³/mol. The van der Waals surface area contributed by atoms with Crippen molar-refractivity contribution in [1.82, 2.24) is 20.2 Å². The molecule has 0 radical (unpaired) electrons. The lowest BCUT2D eigenvalue weighted by atomic mass is 10.1. The molecule has 2 aromatic heterocycles. The highest BCUT2D eigenvalue weighted by Crippen LogP contribution is 2.27. The van der Waals surface area contributed by atoms with Crippen LogP contribution in [0, 0.1) is 5.82 Å². The molecule has 0 spiro atoms. The fourth-order valence-electron chi connectivity index (χ4n) is 3.41. The molecule has 9 heteroatoms. The lowest BCUT2D eigenvalue weighted by molar-refractivity contribution is -0.00571. The van der Waals surface area contributed by atoms with Crippen LogP contribution < -0.4 is 15.0 Å². The SMILES string of the molecule is COc1ccc(-c2cc(Nc3ccnc(N4C[C@H](C)O[C@@H](C)C4)n3)n[nH]2)c(F)c1. The number of benzene rings is 1. The fourth-order valence-corrected chi connectivity index (χ4v) is 3.41. The number of nitrogens with zero attached hydrogens (tertiary/aromatic N) is 4. The number of methoxy groups -OCH3 is 1. The Balaban J connectivity index is 1.51. The van der Waals surface area contributed by atoms with Crippen molar-refractivity contribution in [2.45, 2.75) is 26.1 Å². The van der Waals surface area contributed by atoms with E-state index in [4.69, 9.17) is 9.47 Å². The summed E-state index contributed by atoms with van der Waals surface area (Å²) in [6, 6.07) is 8.18. The Morgan fingerprint density at radius 3 is 2.69 bits per heavy atom. The second-order valence-electron chi connectivity index (χ2n) is 7.04. The quantitative estimate of drug-likeness (QED) is 0.681. The number of H-pyrrole nitrogens is 1. The van der Waals surface area contributed by atoms with Crippen LogP contribution in [0.15, 0.2) is 36.5 Å². The second kappa shape index (κ2) is 8.04. The molecule has 29 heavy (non-hydrogen) atoms. The third-order valence-electron chi connectivity index (χ3n) is 4.65. The van der Waals surface area contributed by atoms with E-state index in [0.29, 0.717) is 34.6 Å². The van der Waals surface area contributed by atoms with Crippen molar-refractivity contribution in [2.75, 3.05) is 30.4 Å². The zero-order chi connectivity index (χ0) is 20.4. The zero-order valence-corrected chi connectivity index (χ0v) is 16.5. The maximum atomic E-state index is 14.3. The normalized spacial score (nSPS) is 19.2. The Morgan fingerprint density at radius 2 is 1.97 bits per heavy atom. The summed E-state index contributed by atoms with van der Waals surface area (Å²) < 4.78 is 25.1. The third kappa shape index (κ3) is 4.29. The van der Waals surface area contributed by atoms with Crippen LogP contribution >= 0.6 is 0 Å². The Bertz CT molecular complexity index is 985. The van der Waals surface area contributed by atoms with Crippen LogP contribution in [0.4, 0.5) is 22.0 Å². The average Bonchev–Trinajstić information content (AvgIpc) is 3.15. The van der Waals surface area contributed by atoms with Gasteiger partial charge in [0.15, 0.2) is 5.82 Å². The molecule has 1 saturated heterocycles. The summed E-state index contributed by atoms with van der Waals surface area (Å²) >= 11 is 0. The van der Waals surface area contributed by atoms with Gasteiger partial charge in [0.05, 0.1) is 25.0 Å². The molecule has 0 amide bonds. The van der Waals surface area contributed by atoms with Gasteiger partial charge in [0, 0.05) is 37.0 Å². The maximum absolute atomic E-state index is 14.3. The molecule has 4 rings (SSSR count). The van der Waals surface area contributed by atoms with Gasteiger partial charge in [0.2, 0.25) is 5.95 Å². The number of hydrogen-bond acceptors (Lipinski definition) is 7. The van der Waals surface area contributed by atoms with Crippen molar-refractivity contribution < 1.29 is 13.9 Å². The molecule has 1 fully saturated rings. The predicted octanol–water partition coefficient (Wildman–Crippen LogP) is 3.37. The first-order chi connectivity index (χ1) is 14.0. The summed E-state index contributed by atoms with van der Waals surface area (Å²) in [6.45, 7) is 5.54. The molecule has 152 valence electrons. The van der Waals surface area contributed by atoms with Crippen LogP contribution in [0.3, 0.4) is 0 Å². The Labute approximate surface area is 168 Å². The van der Waals surface area contributed by atoms with Crippen LogP contribution in [0.2, 0.25) is 0 Å². The minimum absolute atomic E-state index is 0.118. The summed E-state index contributed by atoms with van der Waals surface area (Å²) in [5.41, 5.74) is 0.962. The summed E-state index contributed by atoms with van der Waals surface area (Å²) in [4.78, 5) is 11.1. The summed E-state index contributed by atoms with van der Waals surface area (Å²) in [7, 11) is 1.50. The lowest BCUT2D eigenvalue weighted by Gasteiger charge is -2.35. The van der Waals surface area contributed by atoms with Gasteiger partial charge in [-0.2, -0.15) is 10.1 Å². The number of halogens is 1. The van der Waals surface area contributed by atoms with Gasteiger partial charge < -0.3 is 19.7 Å². The van der Waals surface area contributed by atoms with E-state index in [0.717, 1.165) is 13.1 Å². The number of nitrogens with one attached hydrogen (secondary N) is 2. The highest BCUT2D eigenvalue weighted by atomic mass is 19.1. The number of rotatable bonds is 5. The average molecular weight is 398 g/mol. The van der Waals surface area contributed by atoms with E-state index in [2.05, 4.69) is 30.4 Å². The first-order valence-corrected chi connectivity index (χ1v) is 9.41. The van der Waals surface area contributed by atoms with Crippen molar-refractivity contribution in [1.29, 1.82) is 0 Å². The number of anilines is 3. The maximum Gasteiger partial charge on any atom is 0.227 e. The van der Waals surface area contributed by atoms with Gasteiger partial charge in [-0.25, -0.2) is 9.37 Å². The van der Waals surface area contributed by atoms with E-state index in [1.54, 1.807) is 30.5 Å². The van der Waals surface area contributed by atoms with Crippen molar-refractivity contribution >= 4 is 17.6 Å². The van der Waals surface area contributed by atoms with Gasteiger partial charge in [0.1, 0.15) is 17.4 Å². The molecule has 0 bridgehead atoms. The molecular weight excluding hydrogens is 375 g/mol. The standard InChI is InChI=1S/C20H23FN6O2/c1-12-10-27(11-13(2)29-12)20-22-7-6-18(24-20)23-19-9-17(25-26-19)15-5-4-14(28-3)8-16(15)21/h4-9,12-13H,10-11H2,1-3H3,(H2,22,23,24,25,26)/t12-,13-/m0/s1. The van der Waals surface area contributed by atoms with E-state index in [1.807, 2.05) is 13.8 Å². The molecule has 1 aliphatic rings. The topological polar surface area (TPSA) is 88.2 Å². The van der Waals surface area contributed by atoms with E-state index in [9.17, 15) is 4.39 Å². The molecule has 1 aliphatic heterocycles. The minimum Gasteiger partial charge on any atom is -0.497 e. The van der Waals surface area contributed by atoms with Crippen LogP contribution in [-0.4, -0.2) is 52.6 Å². The van der Waals surface area contributed by atoms with Crippen molar-refractivity contribution in [3.8, 4) is 17.0 Å². The number of ether oxygens (including phenoxy) is 2. The zero-order valence-electron chi connectivity index (χ0n) is 16.5. The van der Waals surface area contributed by atoms with Crippen LogP contribution in [0.25, 0.3) is 11.3 Å². The highest BCUT2D eigenvalue weighted by molar-refractivity contribution is 5.66. The molecule has 2 atom stereocenters. The number of morpholine rings is 1. The first kappa shape index (κ1) is 19.1. The summed E-state index contributed by atoms with van der Waals surface area (Å²) in [6.07, 6.45) is 1.94. The molecule has 8 nitrogen and oxygen atoms in total. The van der Waals surface area contributed by atoms with E-state index in [-0.39, 0.29) is 18.0 Å². The van der Waals surface area contributed by atoms with Crippen molar-refractivity contribution in [3.05, 3.63) is 42.3 Å². The molecule has 2 N–H and O–H groups in total. The largest absolute Gasteiger partial charge is 0.497 e. The van der Waals surface area contributed by atoms with Gasteiger partial charge in [-0.1, -0.05) is 0 Å². The van der Waals surface area contributed by atoms with Gasteiger partial charge in [0.25, 0.3) is 0 Å². The van der Waals surface area contributed by atoms with Crippen molar-refractivity contribution in [3.63, 3.8) is 0 Å². The summed E-state index contributed by atoms with van der Waals surface area (Å²) in [5, 5.41) is 10.2. The smallest absolute Gasteiger partial charge is 0.227 e. The monoisotopic (exact) mass is 398 g/mol. The molecule has 3 heterocycles. The Morgan fingerprint density at radius 1 is 1.17 bits per heavy atom. The van der Waals surface area contributed by atoms with Gasteiger partial charge >= 0.3 is 0 Å². The Hall–Kier alpha value is -3.20. The van der Waals surface area contributed by atoms with Gasteiger partial charge in [-0.05, 0) is 32.0 Å². The van der Waals surface area contributed by atoms with E-state index >= 15 is 0 Å². The van der Waals surface area contributed by atoms with Gasteiger partial charge in [-0.3, -0.25) is 5.10 Å². The van der Waals surface area contributed by atoms with Crippen LogP contribution in [0.5, 0.6) is 5.75 Å². The molecule has 0 unspecified atom stereocenters. The Kier molecular flexibility index (Phi) is 5.30. The van der Waals surface area contributed by atoms with E-state index in [1.165, 1.54) is 13.2 Å². The van der Waals surface area contributed by atoms with Gasteiger partial charge in [-0.15, -0.1) is 0 Å². The molecule has 1 aromatic carbocycles.